The number of carbonyl (C=O) groups excluding carboxylic acids is 1. The van der Waals surface area contributed by atoms with Gasteiger partial charge in [-0.1, -0.05) is 28.1 Å². The summed E-state index contributed by atoms with van der Waals surface area (Å²) < 4.78 is 6.50. The van der Waals surface area contributed by atoms with E-state index in [2.05, 4.69) is 33.4 Å². The average molecular weight is 382 g/mol. The lowest BCUT2D eigenvalue weighted by molar-refractivity contribution is -0.140. The monoisotopic (exact) mass is 381 g/mol. The van der Waals surface area contributed by atoms with Gasteiger partial charge in [0, 0.05) is 29.6 Å². The van der Waals surface area contributed by atoms with E-state index in [1.54, 1.807) is 0 Å². The Kier molecular flexibility index (Phi) is 4.73. The van der Waals surface area contributed by atoms with E-state index in [-0.39, 0.29) is 17.2 Å². The molecule has 1 aliphatic carbocycles. The molecule has 0 bridgehead atoms. The van der Waals surface area contributed by atoms with Crippen molar-refractivity contribution < 1.29 is 19.4 Å². The first-order chi connectivity index (χ1) is 11.0. The maximum atomic E-state index is 12.2. The van der Waals surface area contributed by atoms with Crippen molar-refractivity contribution in [2.24, 2.45) is 11.8 Å². The molecule has 1 saturated heterocycles. The van der Waals surface area contributed by atoms with Gasteiger partial charge < -0.3 is 15.2 Å². The third-order valence-corrected chi connectivity index (χ3v) is 5.43. The molecule has 0 spiro atoms. The molecule has 0 radical (unpaired) electrons. The lowest BCUT2D eigenvalue weighted by atomic mass is 9.74. The highest BCUT2D eigenvalue weighted by Gasteiger charge is 2.48. The van der Waals surface area contributed by atoms with Gasteiger partial charge in [-0.15, -0.1) is 0 Å². The van der Waals surface area contributed by atoms with Gasteiger partial charge in [-0.2, -0.15) is 0 Å². The topological polar surface area (TPSA) is 75.6 Å². The number of benzene rings is 1. The number of hydrogen-bond acceptors (Lipinski definition) is 3. The van der Waals surface area contributed by atoms with Crippen molar-refractivity contribution >= 4 is 27.8 Å². The van der Waals surface area contributed by atoms with Gasteiger partial charge in [0.2, 0.25) is 5.91 Å². The molecular formula is C17H20BrNO4. The van der Waals surface area contributed by atoms with Crippen molar-refractivity contribution in [3.63, 3.8) is 0 Å². The summed E-state index contributed by atoms with van der Waals surface area (Å²) in [6, 6.07) is 8.16. The SMILES string of the molecule is O=C(O)[C@@H]1C[C@H]1C(=O)NCC1(c2cccc(Br)c2)CCOCC1. The van der Waals surface area contributed by atoms with Crippen molar-refractivity contribution in [3.8, 4) is 0 Å². The number of rotatable bonds is 5. The number of carbonyl (C=O) groups is 2. The van der Waals surface area contributed by atoms with Gasteiger partial charge in [-0.25, -0.2) is 0 Å². The molecule has 1 aromatic rings. The van der Waals surface area contributed by atoms with E-state index in [1.165, 1.54) is 5.56 Å². The lowest BCUT2D eigenvalue weighted by Crippen LogP contribution is -2.45. The Hall–Kier alpha value is -1.40. The summed E-state index contributed by atoms with van der Waals surface area (Å²) in [6.45, 7) is 1.86. The first-order valence-electron chi connectivity index (χ1n) is 7.86. The number of carboxylic acids is 1. The molecule has 6 heteroatoms. The highest BCUT2D eigenvalue weighted by molar-refractivity contribution is 9.10. The zero-order valence-corrected chi connectivity index (χ0v) is 14.3. The fourth-order valence-corrected chi connectivity index (χ4v) is 3.69. The maximum Gasteiger partial charge on any atom is 0.307 e. The normalized spacial score (nSPS) is 25.6. The van der Waals surface area contributed by atoms with E-state index in [9.17, 15) is 9.59 Å². The molecular weight excluding hydrogens is 362 g/mol. The molecule has 1 aromatic carbocycles. The Morgan fingerprint density at radius 1 is 1.30 bits per heavy atom. The van der Waals surface area contributed by atoms with Crippen LogP contribution in [-0.2, 0) is 19.7 Å². The third kappa shape index (κ3) is 3.58. The quantitative estimate of drug-likeness (QED) is 0.820. The van der Waals surface area contributed by atoms with Gasteiger partial charge in [-0.3, -0.25) is 9.59 Å². The summed E-state index contributed by atoms with van der Waals surface area (Å²) in [5, 5.41) is 11.9. The molecule has 2 aliphatic rings. The largest absolute Gasteiger partial charge is 0.481 e. The van der Waals surface area contributed by atoms with Gasteiger partial charge in [-0.05, 0) is 37.0 Å². The number of amides is 1. The van der Waals surface area contributed by atoms with Gasteiger partial charge in [0.05, 0.1) is 11.8 Å². The summed E-state index contributed by atoms with van der Waals surface area (Å²) in [7, 11) is 0. The number of ether oxygens (including phenoxy) is 1. The molecule has 2 N–H and O–H groups in total. The summed E-state index contributed by atoms with van der Waals surface area (Å²) in [5.74, 6) is -1.89. The van der Waals surface area contributed by atoms with E-state index in [4.69, 9.17) is 9.84 Å². The van der Waals surface area contributed by atoms with Crippen LogP contribution in [0.2, 0.25) is 0 Å². The predicted octanol–water partition coefficient (Wildman–Crippen LogP) is 2.33. The smallest absolute Gasteiger partial charge is 0.307 e. The molecule has 0 aromatic heterocycles. The molecule has 124 valence electrons. The Balaban J connectivity index is 1.70. The maximum absolute atomic E-state index is 12.2. The molecule has 2 fully saturated rings. The van der Waals surface area contributed by atoms with Crippen LogP contribution < -0.4 is 5.32 Å². The molecule has 2 atom stereocenters. The highest BCUT2D eigenvalue weighted by Crippen LogP contribution is 2.40. The molecule has 23 heavy (non-hydrogen) atoms. The molecule has 5 nitrogen and oxygen atoms in total. The van der Waals surface area contributed by atoms with Crippen LogP contribution in [0.25, 0.3) is 0 Å². The van der Waals surface area contributed by atoms with Crippen LogP contribution >= 0.6 is 15.9 Å². The van der Waals surface area contributed by atoms with E-state index >= 15 is 0 Å². The second-order valence-corrected chi connectivity index (χ2v) is 7.32. The molecule has 3 rings (SSSR count). The Labute approximate surface area is 143 Å². The number of nitrogens with one attached hydrogen (secondary N) is 1. The van der Waals surface area contributed by atoms with Crippen LogP contribution in [0, 0.1) is 11.8 Å². The van der Waals surface area contributed by atoms with Crippen molar-refractivity contribution in [1.29, 1.82) is 0 Å². The van der Waals surface area contributed by atoms with E-state index in [1.807, 2.05) is 12.1 Å². The number of hydrogen-bond donors (Lipinski definition) is 2. The number of aliphatic carboxylic acids is 1. The minimum atomic E-state index is -0.877. The van der Waals surface area contributed by atoms with Gasteiger partial charge in [0.1, 0.15) is 0 Å². The second kappa shape index (κ2) is 6.61. The van der Waals surface area contributed by atoms with Crippen LogP contribution in [0.3, 0.4) is 0 Å². The standard InChI is InChI=1S/C17H20BrNO4/c18-12-3-1-2-11(8-12)17(4-6-23-7-5-17)10-19-15(20)13-9-14(13)16(21)22/h1-3,8,13-14H,4-7,9-10H2,(H,19,20)(H,21,22)/t13-,14-/m1/s1. The fraction of sp³-hybridized carbons (Fsp3) is 0.529. The molecule has 1 heterocycles. The first-order valence-corrected chi connectivity index (χ1v) is 8.65. The van der Waals surface area contributed by atoms with Crippen LogP contribution in [0.4, 0.5) is 0 Å². The average Bonchev–Trinajstić information content (AvgIpc) is 3.34. The second-order valence-electron chi connectivity index (χ2n) is 6.41. The summed E-state index contributed by atoms with van der Waals surface area (Å²) in [6.07, 6.45) is 2.14. The van der Waals surface area contributed by atoms with Crippen molar-refractivity contribution in [2.75, 3.05) is 19.8 Å². The van der Waals surface area contributed by atoms with Crippen LogP contribution in [0.15, 0.2) is 28.7 Å². The molecule has 0 unspecified atom stereocenters. The first kappa shape index (κ1) is 16.5. The Morgan fingerprint density at radius 3 is 2.65 bits per heavy atom. The van der Waals surface area contributed by atoms with E-state index in [0.29, 0.717) is 26.2 Å². The molecule has 1 saturated carbocycles. The highest BCUT2D eigenvalue weighted by atomic mass is 79.9. The van der Waals surface area contributed by atoms with Gasteiger partial charge in [0.15, 0.2) is 0 Å². The Bertz CT molecular complexity index is 612. The van der Waals surface area contributed by atoms with Gasteiger partial charge >= 0.3 is 5.97 Å². The van der Waals surface area contributed by atoms with Crippen molar-refractivity contribution in [2.45, 2.75) is 24.7 Å². The minimum Gasteiger partial charge on any atom is -0.481 e. The molecule has 1 amide bonds. The van der Waals surface area contributed by atoms with Crippen LogP contribution in [0.5, 0.6) is 0 Å². The van der Waals surface area contributed by atoms with Crippen LogP contribution in [-0.4, -0.2) is 36.7 Å². The predicted molar refractivity (Wildman–Crippen MR) is 88.1 cm³/mol. The summed E-state index contributed by atoms with van der Waals surface area (Å²) in [5.41, 5.74) is 1.03. The molecule has 1 aliphatic heterocycles. The van der Waals surface area contributed by atoms with Gasteiger partial charge in [0.25, 0.3) is 0 Å². The zero-order valence-electron chi connectivity index (χ0n) is 12.8. The van der Waals surface area contributed by atoms with Crippen molar-refractivity contribution in [3.05, 3.63) is 34.3 Å². The summed E-state index contributed by atoms with van der Waals surface area (Å²) in [4.78, 5) is 23.1. The van der Waals surface area contributed by atoms with E-state index in [0.717, 1.165) is 17.3 Å². The lowest BCUT2D eigenvalue weighted by Gasteiger charge is -2.38. The number of halogens is 1. The summed E-state index contributed by atoms with van der Waals surface area (Å²) >= 11 is 3.51. The minimum absolute atomic E-state index is 0.140. The van der Waals surface area contributed by atoms with Crippen LogP contribution in [0.1, 0.15) is 24.8 Å². The zero-order chi connectivity index (χ0) is 16.4. The number of carboxylic acid groups (broad SMARTS) is 1. The van der Waals surface area contributed by atoms with E-state index < -0.39 is 11.9 Å². The fourth-order valence-electron chi connectivity index (χ4n) is 3.29. The Morgan fingerprint density at radius 2 is 2.04 bits per heavy atom. The third-order valence-electron chi connectivity index (χ3n) is 4.93. The van der Waals surface area contributed by atoms with Crippen molar-refractivity contribution in [1.82, 2.24) is 5.32 Å².